The average molecular weight is 522 g/mol. The zero-order chi connectivity index (χ0) is 25.3. The van der Waals surface area contributed by atoms with Crippen molar-refractivity contribution in [3.8, 4) is 0 Å². The van der Waals surface area contributed by atoms with Gasteiger partial charge in [0.1, 0.15) is 11.5 Å². The Labute approximate surface area is 222 Å². The molecule has 0 bridgehead atoms. The first-order chi connectivity index (χ1) is 18.0. The van der Waals surface area contributed by atoms with E-state index < -0.39 is 23.4 Å². The van der Waals surface area contributed by atoms with Gasteiger partial charge in [0.15, 0.2) is 17.3 Å². The third-order valence-electron chi connectivity index (χ3n) is 7.99. The van der Waals surface area contributed by atoms with Crippen LogP contribution in [0.5, 0.6) is 0 Å². The van der Waals surface area contributed by atoms with Crippen LogP contribution in [0.4, 0.5) is 5.69 Å². The Morgan fingerprint density at radius 3 is 2.22 bits per heavy atom. The van der Waals surface area contributed by atoms with E-state index in [0.717, 1.165) is 11.3 Å². The van der Waals surface area contributed by atoms with Gasteiger partial charge in [-0.3, -0.25) is 14.4 Å². The maximum Gasteiger partial charge on any atom is 0.195 e. The summed E-state index contributed by atoms with van der Waals surface area (Å²) in [6.45, 7) is 0. The molecule has 3 aliphatic rings. The van der Waals surface area contributed by atoms with Crippen LogP contribution in [0.15, 0.2) is 96.4 Å². The molecule has 0 amide bonds. The number of anilines is 1. The van der Waals surface area contributed by atoms with E-state index in [1.807, 2.05) is 71.0 Å². The lowest BCUT2D eigenvalue weighted by atomic mass is 9.64. The zero-order valence-corrected chi connectivity index (χ0v) is 21.1. The summed E-state index contributed by atoms with van der Waals surface area (Å²) >= 11 is 8.16. The molecule has 3 aromatic carbocycles. The number of para-hydroxylation sites is 1. The fraction of sp³-hybridized carbons (Fsp3) is 0.129. The monoisotopic (exact) mass is 521 g/mol. The molecule has 0 saturated carbocycles. The number of ketones is 3. The molecule has 1 spiro atoms. The number of Topliss-reactive ketones (excluding diaryl/α,β-unsaturated/α-hetero) is 3. The van der Waals surface area contributed by atoms with Gasteiger partial charge in [-0.15, -0.1) is 11.3 Å². The third kappa shape index (κ3) is 2.87. The predicted octanol–water partition coefficient (Wildman–Crippen LogP) is 6.72. The van der Waals surface area contributed by atoms with Gasteiger partial charge in [0.25, 0.3) is 0 Å². The number of hydrogen-bond donors (Lipinski definition) is 0. The van der Waals surface area contributed by atoms with Crippen LogP contribution in [0, 0.1) is 5.41 Å². The van der Waals surface area contributed by atoms with Crippen molar-refractivity contribution in [2.75, 3.05) is 4.90 Å². The van der Waals surface area contributed by atoms with E-state index in [2.05, 4.69) is 0 Å². The number of carbonyl (C=O) groups excluding carboxylic acids is 3. The number of hydrogen-bond acceptors (Lipinski definition) is 5. The zero-order valence-electron chi connectivity index (χ0n) is 19.5. The molecule has 7 rings (SSSR count). The van der Waals surface area contributed by atoms with Gasteiger partial charge in [0, 0.05) is 27.8 Å². The van der Waals surface area contributed by atoms with Gasteiger partial charge in [0.05, 0.1) is 10.9 Å². The predicted molar refractivity (Wildman–Crippen MR) is 146 cm³/mol. The van der Waals surface area contributed by atoms with E-state index in [1.54, 1.807) is 36.4 Å². The summed E-state index contributed by atoms with van der Waals surface area (Å²) in [5, 5.41) is 2.30. The van der Waals surface area contributed by atoms with Crippen LogP contribution >= 0.6 is 22.9 Å². The Kier molecular flexibility index (Phi) is 4.91. The molecule has 3 atom stereocenters. The summed E-state index contributed by atoms with van der Waals surface area (Å²) in [6.07, 6.45) is 3.89. The van der Waals surface area contributed by atoms with Gasteiger partial charge in [-0.25, -0.2) is 0 Å². The lowest BCUT2D eigenvalue weighted by molar-refractivity contribution is 0.0666. The fourth-order valence-corrected chi connectivity index (χ4v) is 7.50. The number of halogens is 1. The first-order valence-electron chi connectivity index (χ1n) is 12.1. The summed E-state index contributed by atoms with van der Waals surface area (Å²) in [6, 6.07) is 24.3. The fourth-order valence-electron chi connectivity index (χ4n) is 6.55. The van der Waals surface area contributed by atoms with Crippen LogP contribution in [-0.2, 0) is 0 Å². The molecular formula is C31H20ClNO3S. The van der Waals surface area contributed by atoms with Crippen molar-refractivity contribution in [2.45, 2.75) is 18.0 Å². The summed E-state index contributed by atoms with van der Waals surface area (Å²) in [4.78, 5) is 46.0. The summed E-state index contributed by atoms with van der Waals surface area (Å²) in [5.74, 6) is -1.41. The van der Waals surface area contributed by atoms with Crippen molar-refractivity contribution in [1.29, 1.82) is 0 Å². The largest absolute Gasteiger partial charge is 0.352 e. The van der Waals surface area contributed by atoms with Crippen LogP contribution < -0.4 is 4.90 Å². The van der Waals surface area contributed by atoms with Crippen molar-refractivity contribution in [3.63, 3.8) is 0 Å². The average Bonchev–Trinajstić information content (AvgIpc) is 3.62. The molecule has 0 radical (unpaired) electrons. The molecule has 3 heterocycles. The number of thiophene rings is 1. The third-order valence-corrected chi connectivity index (χ3v) is 9.21. The lowest BCUT2D eigenvalue weighted by Gasteiger charge is -2.37. The van der Waals surface area contributed by atoms with E-state index in [-0.39, 0.29) is 17.3 Å². The molecule has 1 saturated heterocycles. The number of carbonyl (C=O) groups is 3. The maximum absolute atomic E-state index is 14.5. The van der Waals surface area contributed by atoms with Crippen LogP contribution in [0.1, 0.15) is 47.4 Å². The Bertz CT molecular complexity index is 1600. The smallest absolute Gasteiger partial charge is 0.195 e. The molecule has 2 aliphatic heterocycles. The molecule has 0 unspecified atom stereocenters. The summed E-state index contributed by atoms with van der Waals surface area (Å²) in [5.41, 5.74) is 1.68. The van der Waals surface area contributed by atoms with Crippen LogP contribution in [-0.4, -0.2) is 29.4 Å². The SMILES string of the molecule is O=C(c1cccs1)[C@@H]1[C@H](c2ccccc2Cl)C2(C(=O)c3ccccc3C2=O)[C@H]2C=Cc3ccccc3N12. The van der Waals surface area contributed by atoms with E-state index >= 15 is 0 Å². The second kappa shape index (κ2) is 8.10. The highest BCUT2D eigenvalue weighted by molar-refractivity contribution is 7.12. The second-order valence-corrected chi connectivity index (χ2v) is 11.0. The summed E-state index contributed by atoms with van der Waals surface area (Å²) in [7, 11) is 0. The van der Waals surface area contributed by atoms with Gasteiger partial charge >= 0.3 is 0 Å². The quantitative estimate of drug-likeness (QED) is 0.222. The maximum atomic E-state index is 14.5. The Balaban J connectivity index is 1.58. The first-order valence-corrected chi connectivity index (χ1v) is 13.4. The molecule has 6 heteroatoms. The molecule has 1 fully saturated rings. The van der Waals surface area contributed by atoms with Crippen LogP contribution in [0.2, 0.25) is 5.02 Å². The Hall–Kier alpha value is -3.80. The van der Waals surface area contributed by atoms with Gasteiger partial charge in [-0.1, -0.05) is 90.5 Å². The van der Waals surface area contributed by atoms with Gasteiger partial charge in [-0.2, -0.15) is 0 Å². The standard InChI is InChI=1S/C31H20ClNO3S/c32-22-12-5-4-11-21(22)26-27(28(34)24-14-7-17-37-24)33-23-13-6-1-8-18(23)15-16-25(33)31(26)29(35)19-9-2-3-10-20(19)30(31)36/h1-17,25-27H/t25-,26+,27+/m1/s1. The van der Waals surface area contributed by atoms with E-state index in [9.17, 15) is 14.4 Å². The summed E-state index contributed by atoms with van der Waals surface area (Å²) < 4.78 is 0. The normalized spacial score (nSPS) is 22.7. The topological polar surface area (TPSA) is 54.5 Å². The molecule has 4 aromatic rings. The lowest BCUT2D eigenvalue weighted by Crippen LogP contribution is -2.48. The first kappa shape index (κ1) is 22.4. The van der Waals surface area contributed by atoms with Crippen molar-refractivity contribution < 1.29 is 14.4 Å². The highest BCUT2D eigenvalue weighted by Crippen LogP contribution is 2.61. The van der Waals surface area contributed by atoms with Crippen molar-refractivity contribution >= 4 is 52.1 Å². The molecule has 37 heavy (non-hydrogen) atoms. The Morgan fingerprint density at radius 2 is 1.51 bits per heavy atom. The highest BCUT2D eigenvalue weighted by Gasteiger charge is 2.71. The minimum absolute atomic E-state index is 0.122. The molecule has 4 nitrogen and oxygen atoms in total. The van der Waals surface area contributed by atoms with Crippen molar-refractivity contribution in [1.82, 2.24) is 0 Å². The Morgan fingerprint density at radius 1 is 0.838 bits per heavy atom. The molecule has 1 aromatic heterocycles. The van der Waals surface area contributed by atoms with Gasteiger partial charge in [0.2, 0.25) is 0 Å². The van der Waals surface area contributed by atoms with E-state index in [0.29, 0.717) is 26.6 Å². The number of rotatable bonds is 3. The van der Waals surface area contributed by atoms with E-state index in [4.69, 9.17) is 11.6 Å². The van der Waals surface area contributed by atoms with Gasteiger partial charge < -0.3 is 4.90 Å². The minimum Gasteiger partial charge on any atom is -0.352 e. The molecule has 1 aliphatic carbocycles. The van der Waals surface area contributed by atoms with Crippen molar-refractivity contribution in [2.24, 2.45) is 5.41 Å². The minimum atomic E-state index is -1.53. The second-order valence-electron chi connectivity index (χ2n) is 9.63. The molecule has 0 N–H and O–H groups in total. The highest BCUT2D eigenvalue weighted by atomic mass is 35.5. The number of nitrogens with zero attached hydrogens (tertiary/aromatic N) is 1. The molecular weight excluding hydrogens is 502 g/mol. The van der Waals surface area contributed by atoms with Crippen LogP contribution in [0.25, 0.3) is 6.08 Å². The number of fused-ring (bicyclic) bond motifs is 5. The molecule has 180 valence electrons. The van der Waals surface area contributed by atoms with Crippen LogP contribution in [0.3, 0.4) is 0 Å². The van der Waals surface area contributed by atoms with Gasteiger partial charge in [-0.05, 0) is 34.7 Å². The number of benzene rings is 3. The van der Waals surface area contributed by atoms with E-state index in [1.165, 1.54) is 11.3 Å². The van der Waals surface area contributed by atoms with Crippen molar-refractivity contribution in [3.05, 3.63) is 129 Å².